The van der Waals surface area contributed by atoms with Gasteiger partial charge in [0.05, 0.1) is 18.8 Å². The third-order valence-electron chi connectivity index (χ3n) is 5.88. The summed E-state index contributed by atoms with van der Waals surface area (Å²) in [7, 11) is 1.63. The van der Waals surface area contributed by atoms with Crippen LogP contribution in [0.1, 0.15) is 37.8 Å². The van der Waals surface area contributed by atoms with Gasteiger partial charge in [-0.1, -0.05) is 12.1 Å². The number of rotatable bonds is 3. The van der Waals surface area contributed by atoms with Gasteiger partial charge in [-0.25, -0.2) is 18.9 Å². The van der Waals surface area contributed by atoms with Crippen molar-refractivity contribution in [2.45, 2.75) is 38.3 Å². The minimum atomic E-state index is -0.411. The number of aliphatic imine (C=N–C) groups is 1. The fourth-order valence-corrected chi connectivity index (χ4v) is 4.41. The molecule has 3 heterocycles. The molecule has 8 heteroatoms. The number of hydrogen-bond acceptors (Lipinski definition) is 4. The predicted octanol–water partition coefficient (Wildman–Crippen LogP) is 4.56. The van der Waals surface area contributed by atoms with Crippen LogP contribution in [0.25, 0.3) is 0 Å². The number of hydrogen-bond donors (Lipinski definition) is 1. The van der Waals surface area contributed by atoms with Crippen LogP contribution in [0.5, 0.6) is 5.75 Å². The van der Waals surface area contributed by atoms with Crippen molar-refractivity contribution in [1.29, 1.82) is 0 Å². The molecule has 0 radical (unpaired) electrons. The largest absolute Gasteiger partial charge is 0.497 e. The highest BCUT2D eigenvalue weighted by molar-refractivity contribution is 6.18. The van der Waals surface area contributed by atoms with E-state index in [4.69, 9.17) is 9.73 Å². The molecule has 164 valence electrons. The van der Waals surface area contributed by atoms with Gasteiger partial charge in [0.25, 0.3) is 0 Å². The first-order valence-corrected chi connectivity index (χ1v) is 10.4. The molecular formula is C24H24FN5O2. The van der Waals surface area contributed by atoms with Crippen molar-refractivity contribution < 1.29 is 13.9 Å². The zero-order chi connectivity index (χ0) is 22.6. The number of amidine groups is 1. The van der Waals surface area contributed by atoms with Gasteiger partial charge in [-0.15, -0.1) is 0 Å². The lowest BCUT2D eigenvalue weighted by atomic mass is 9.83. The Morgan fingerprint density at radius 1 is 1.06 bits per heavy atom. The van der Waals surface area contributed by atoms with E-state index in [0.29, 0.717) is 11.5 Å². The summed E-state index contributed by atoms with van der Waals surface area (Å²) in [6, 6.07) is 13.0. The van der Waals surface area contributed by atoms with Crippen LogP contribution in [-0.2, 0) is 5.54 Å². The van der Waals surface area contributed by atoms with Crippen molar-refractivity contribution in [3.63, 3.8) is 0 Å². The first-order chi connectivity index (χ1) is 15.3. The minimum absolute atomic E-state index is 0.219. The molecule has 5 rings (SSSR count). The number of carbonyl (C=O) groups excluding carboxylic acids is 1. The lowest BCUT2D eigenvalue weighted by Crippen LogP contribution is -2.42. The normalized spacial score (nSPS) is 19.8. The first-order valence-electron chi connectivity index (χ1n) is 10.4. The first kappa shape index (κ1) is 20.2. The molecule has 0 aliphatic carbocycles. The molecule has 1 saturated heterocycles. The van der Waals surface area contributed by atoms with Crippen LogP contribution in [0.4, 0.5) is 20.7 Å². The third-order valence-corrected chi connectivity index (χ3v) is 5.88. The van der Waals surface area contributed by atoms with Crippen molar-refractivity contribution in [3.05, 3.63) is 71.7 Å². The molecular weight excluding hydrogens is 409 g/mol. The highest BCUT2D eigenvalue weighted by atomic mass is 19.1. The second-order valence-corrected chi connectivity index (χ2v) is 8.98. The van der Waals surface area contributed by atoms with Crippen LogP contribution >= 0.6 is 0 Å². The van der Waals surface area contributed by atoms with E-state index < -0.39 is 6.04 Å². The van der Waals surface area contributed by atoms with Crippen molar-refractivity contribution >= 4 is 23.4 Å². The maximum Gasteiger partial charge on any atom is 0.328 e. The zero-order valence-electron chi connectivity index (χ0n) is 18.3. The summed E-state index contributed by atoms with van der Waals surface area (Å²) < 4.78 is 20.8. The Morgan fingerprint density at radius 2 is 1.75 bits per heavy atom. The molecule has 2 amide bonds. The molecule has 1 aromatic heterocycles. The van der Waals surface area contributed by atoms with E-state index in [-0.39, 0.29) is 23.3 Å². The molecule has 2 atom stereocenters. The van der Waals surface area contributed by atoms with Gasteiger partial charge in [0.2, 0.25) is 0 Å². The van der Waals surface area contributed by atoms with Crippen molar-refractivity contribution in [2.75, 3.05) is 12.0 Å². The molecule has 2 aliphatic heterocycles. The molecule has 0 bridgehead atoms. The highest BCUT2D eigenvalue weighted by Crippen LogP contribution is 2.45. The number of nitrogens with zero attached hydrogens (tertiary/aromatic N) is 4. The Bertz CT molecular complexity index is 1210. The standard InChI is InChI=1S/C24H24FN5O2/c1-24(2,3)30-22-18(13-26-30)19(14-5-11-17(32-4)12-6-14)20-21(27-22)28-23(31)29(20)16-9-7-15(25)8-10-16/h5-13,19-20H,1-4H3,(H,27,28,31). The van der Waals surface area contributed by atoms with Gasteiger partial charge in [-0.2, -0.15) is 5.10 Å². The number of urea groups is 1. The molecule has 2 aliphatic rings. The molecule has 2 unspecified atom stereocenters. The molecule has 1 N–H and O–H groups in total. The predicted molar refractivity (Wildman–Crippen MR) is 120 cm³/mol. The van der Waals surface area contributed by atoms with Crippen LogP contribution in [0.2, 0.25) is 0 Å². The molecule has 2 aromatic carbocycles. The summed E-state index contributed by atoms with van der Waals surface area (Å²) in [5.74, 6) is 1.46. The van der Waals surface area contributed by atoms with E-state index >= 15 is 0 Å². The lowest BCUT2D eigenvalue weighted by Gasteiger charge is -2.33. The SMILES string of the molecule is COc1ccc(C2c3cnn(C(C)(C)C)c3N=C3NC(=O)N(c4ccc(F)cc4)C32)cc1. The van der Waals surface area contributed by atoms with Gasteiger partial charge < -0.3 is 4.74 Å². The molecule has 32 heavy (non-hydrogen) atoms. The van der Waals surface area contributed by atoms with E-state index in [9.17, 15) is 9.18 Å². The number of nitrogens with one attached hydrogen (secondary N) is 1. The molecule has 1 fully saturated rings. The maximum atomic E-state index is 13.6. The van der Waals surface area contributed by atoms with Gasteiger partial charge in [0.1, 0.15) is 23.4 Å². The van der Waals surface area contributed by atoms with Gasteiger partial charge in [0.15, 0.2) is 5.82 Å². The molecule has 0 saturated carbocycles. The summed E-state index contributed by atoms with van der Waals surface area (Å²) in [5, 5.41) is 7.57. The summed E-state index contributed by atoms with van der Waals surface area (Å²) in [6.45, 7) is 6.19. The summed E-state index contributed by atoms with van der Waals surface area (Å²) in [6.07, 6.45) is 1.83. The number of aromatic nitrogens is 2. The number of ether oxygens (including phenoxy) is 1. The molecule has 0 spiro atoms. The average Bonchev–Trinajstić information content (AvgIpc) is 3.33. The number of amides is 2. The Kier molecular flexibility index (Phi) is 4.54. The number of fused-ring (bicyclic) bond motifs is 2. The fourth-order valence-electron chi connectivity index (χ4n) is 4.41. The van der Waals surface area contributed by atoms with Crippen molar-refractivity contribution in [1.82, 2.24) is 15.1 Å². The van der Waals surface area contributed by atoms with Crippen LogP contribution in [-0.4, -0.2) is 34.8 Å². The van der Waals surface area contributed by atoms with E-state index in [2.05, 4.69) is 31.2 Å². The van der Waals surface area contributed by atoms with Crippen LogP contribution < -0.4 is 15.0 Å². The summed E-state index contributed by atoms with van der Waals surface area (Å²) >= 11 is 0. The average molecular weight is 433 g/mol. The number of anilines is 1. The van der Waals surface area contributed by atoms with Gasteiger partial charge in [-0.3, -0.25) is 10.2 Å². The number of benzene rings is 2. The number of halogens is 1. The summed E-state index contributed by atoms with van der Waals surface area (Å²) in [4.78, 5) is 19.5. The van der Waals surface area contributed by atoms with E-state index in [0.717, 1.165) is 22.7 Å². The van der Waals surface area contributed by atoms with Crippen LogP contribution in [0.3, 0.4) is 0 Å². The van der Waals surface area contributed by atoms with E-state index in [1.165, 1.54) is 12.1 Å². The second kappa shape index (κ2) is 7.19. The van der Waals surface area contributed by atoms with E-state index in [1.54, 1.807) is 24.1 Å². The van der Waals surface area contributed by atoms with Crippen molar-refractivity contribution in [2.24, 2.45) is 4.99 Å². The quantitative estimate of drug-likeness (QED) is 0.658. The minimum Gasteiger partial charge on any atom is -0.497 e. The Hall–Kier alpha value is -3.68. The monoisotopic (exact) mass is 433 g/mol. The lowest BCUT2D eigenvalue weighted by molar-refractivity contribution is 0.252. The smallest absolute Gasteiger partial charge is 0.328 e. The Labute approximate surface area is 185 Å². The van der Waals surface area contributed by atoms with Crippen molar-refractivity contribution in [3.8, 4) is 5.75 Å². The van der Waals surface area contributed by atoms with Gasteiger partial charge in [-0.05, 0) is 62.7 Å². The van der Waals surface area contributed by atoms with Gasteiger partial charge >= 0.3 is 6.03 Å². The van der Waals surface area contributed by atoms with Gasteiger partial charge in [0, 0.05) is 17.2 Å². The molecule has 7 nitrogen and oxygen atoms in total. The Morgan fingerprint density at radius 3 is 2.38 bits per heavy atom. The van der Waals surface area contributed by atoms with E-state index in [1.807, 2.05) is 35.1 Å². The van der Waals surface area contributed by atoms with Crippen LogP contribution in [0.15, 0.2) is 59.7 Å². The highest BCUT2D eigenvalue weighted by Gasteiger charge is 2.48. The topological polar surface area (TPSA) is 71.7 Å². The fraction of sp³-hybridized carbons (Fsp3) is 0.292. The maximum absolute atomic E-state index is 13.6. The number of carbonyl (C=O) groups is 1. The number of methoxy groups -OCH3 is 1. The second-order valence-electron chi connectivity index (χ2n) is 8.98. The Balaban J connectivity index is 1.70. The molecule has 3 aromatic rings. The third kappa shape index (κ3) is 3.14. The zero-order valence-corrected chi connectivity index (χ0v) is 18.3. The van der Waals surface area contributed by atoms with Crippen LogP contribution in [0, 0.1) is 5.82 Å². The summed E-state index contributed by atoms with van der Waals surface area (Å²) in [5.41, 5.74) is 2.25.